The van der Waals surface area contributed by atoms with Crippen molar-refractivity contribution in [3.63, 3.8) is 0 Å². The highest BCUT2D eigenvalue weighted by atomic mass is 79.9. The molecule has 1 aliphatic rings. The average molecular weight is 650 g/mol. The first-order valence-corrected chi connectivity index (χ1v) is 13.6. The summed E-state index contributed by atoms with van der Waals surface area (Å²) < 4.78 is 85.1. The lowest BCUT2D eigenvalue weighted by Crippen LogP contribution is -2.51. The number of benzene rings is 1. The van der Waals surface area contributed by atoms with Gasteiger partial charge in [0.25, 0.3) is 0 Å². The topological polar surface area (TPSA) is 87.9 Å². The second kappa shape index (κ2) is 16.6. The molecule has 1 unspecified atom stereocenters. The van der Waals surface area contributed by atoms with Crippen LogP contribution in [0, 0.1) is 17.5 Å². The van der Waals surface area contributed by atoms with Crippen LogP contribution in [0.4, 0.5) is 31.1 Å². The van der Waals surface area contributed by atoms with Gasteiger partial charge in [-0.05, 0) is 54.8 Å². The van der Waals surface area contributed by atoms with Gasteiger partial charge in [0, 0.05) is 31.6 Å². The number of carbonyl (C=O) groups is 2. The van der Waals surface area contributed by atoms with Gasteiger partial charge in [-0.2, -0.15) is 13.2 Å². The quantitative estimate of drug-likeness (QED) is 0.218. The van der Waals surface area contributed by atoms with Crippen LogP contribution < -0.4 is 11.1 Å². The second-order valence-electron chi connectivity index (χ2n) is 9.26. The largest absolute Gasteiger partial charge is 0.444 e. The van der Waals surface area contributed by atoms with E-state index in [4.69, 9.17) is 10.5 Å². The van der Waals surface area contributed by atoms with Gasteiger partial charge >= 0.3 is 12.3 Å². The number of nitrogens with one attached hydrogen (secondary N) is 1. The van der Waals surface area contributed by atoms with Crippen molar-refractivity contribution in [2.45, 2.75) is 79.1 Å². The van der Waals surface area contributed by atoms with Gasteiger partial charge in [0.05, 0.1) is 16.8 Å². The minimum Gasteiger partial charge on any atom is -0.444 e. The first-order valence-electron chi connectivity index (χ1n) is 12.8. The average Bonchev–Trinajstić information content (AvgIpc) is 2.82. The molecule has 1 fully saturated rings. The molecule has 2 amide bonds. The van der Waals surface area contributed by atoms with E-state index in [1.165, 1.54) is 4.90 Å². The van der Waals surface area contributed by atoms with E-state index in [0.29, 0.717) is 12.1 Å². The molecular formula is C26H39BrF6N4O3. The molecule has 230 valence electrons. The monoisotopic (exact) mass is 648 g/mol. The molecule has 0 bridgehead atoms. The molecular weight excluding hydrogens is 610 g/mol. The molecule has 0 spiro atoms. The van der Waals surface area contributed by atoms with Crippen LogP contribution in [0.1, 0.15) is 60.5 Å². The van der Waals surface area contributed by atoms with Crippen LogP contribution in [0.2, 0.25) is 0 Å². The lowest BCUT2D eigenvalue weighted by Gasteiger charge is -2.39. The van der Waals surface area contributed by atoms with E-state index in [1.807, 2.05) is 27.7 Å². The van der Waals surface area contributed by atoms with Gasteiger partial charge in [0.1, 0.15) is 18.0 Å². The highest BCUT2D eigenvalue weighted by molar-refractivity contribution is 9.11. The molecule has 1 aliphatic heterocycles. The van der Waals surface area contributed by atoms with E-state index < -0.39 is 60.2 Å². The van der Waals surface area contributed by atoms with Gasteiger partial charge in [-0.15, -0.1) is 0 Å². The summed E-state index contributed by atoms with van der Waals surface area (Å²) in [7, 11) is 0. The molecule has 2 rings (SSSR count). The highest BCUT2D eigenvalue weighted by Crippen LogP contribution is 2.25. The van der Waals surface area contributed by atoms with E-state index in [2.05, 4.69) is 21.2 Å². The number of hydrogen-bond acceptors (Lipinski definition) is 5. The van der Waals surface area contributed by atoms with Gasteiger partial charge in [0.2, 0.25) is 5.91 Å². The molecule has 7 nitrogen and oxygen atoms in total. The van der Waals surface area contributed by atoms with Gasteiger partial charge < -0.3 is 25.6 Å². The van der Waals surface area contributed by atoms with E-state index in [9.17, 15) is 35.9 Å². The van der Waals surface area contributed by atoms with Crippen LogP contribution in [-0.2, 0) is 16.0 Å². The molecule has 1 aromatic rings. The third-order valence-corrected chi connectivity index (χ3v) is 5.52. The van der Waals surface area contributed by atoms with Crippen molar-refractivity contribution in [1.82, 2.24) is 15.1 Å². The molecule has 40 heavy (non-hydrogen) atoms. The van der Waals surface area contributed by atoms with Crippen LogP contribution in [0.15, 0.2) is 22.4 Å². The van der Waals surface area contributed by atoms with Crippen molar-refractivity contribution < 1.29 is 40.7 Å². The van der Waals surface area contributed by atoms with Crippen LogP contribution in [-0.4, -0.2) is 65.8 Å². The number of amides is 2. The number of alkyl carbamates (subject to hydrolysis) is 1. The van der Waals surface area contributed by atoms with Crippen LogP contribution >= 0.6 is 15.9 Å². The Morgan fingerprint density at radius 1 is 1.02 bits per heavy atom. The molecule has 1 aromatic carbocycles. The predicted octanol–water partition coefficient (Wildman–Crippen LogP) is 6.21. The van der Waals surface area contributed by atoms with Gasteiger partial charge in [-0.25, -0.2) is 18.0 Å². The zero-order chi connectivity index (χ0) is 31.4. The fraction of sp³-hybridized carbons (Fsp3) is 0.615. The summed E-state index contributed by atoms with van der Waals surface area (Å²) in [4.78, 5) is 27.6. The Labute approximate surface area is 240 Å². The van der Waals surface area contributed by atoms with Gasteiger partial charge in [0.15, 0.2) is 11.6 Å². The second-order valence-corrected chi connectivity index (χ2v) is 10.1. The van der Waals surface area contributed by atoms with E-state index in [0.717, 1.165) is 4.90 Å². The number of hydrogen-bond donors (Lipinski definition) is 2. The Bertz CT molecular complexity index is 1010. The normalized spacial score (nSPS) is 15.7. The molecule has 1 saturated heterocycles. The van der Waals surface area contributed by atoms with Gasteiger partial charge in [-0.1, -0.05) is 27.7 Å². The van der Waals surface area contributed by atoms with Crippen molar-refractivity contribution in [1.29, 1.82) is 0 Å². The van der Waals surface area contributed by atoms with Gasteiger partial charge in [-0.3, -0.25) is 4.79 Å². The number of nitrogens with two attached hydrogens (primary N) is 1. The fourth-order valence-electron chi connectivity index (χ4n) is 3.54. The third kappa shape index (κ3) is 13.1. The maximum Gasteiger partial charge on any atom is 0.407 e. The Hall–Kier alpha value is -2.64. The summed E-state index contributed by atoms with van der Waals surface area (Å²) in [6.45, 7) is 11.1. The van der Waals surface area contributed by atoms with Crippen molar-refractivity contribution in [2.24, 2.45) is 5.73 Å². The number of carbonyl (C=O) groups excluding carboxylic acids is 2. The zero-order valence-electron chi connectivity index (χ0n) is 23.8. The van der Waals surface area contributed by atoms with Crippen molar-refractivity contribution in [3.8, 4) is 0 Å². The van der Waals surface area contributed by atoms with E-state index in [-0.39, 0.29) is 41.9 Å². The number of halogens is 7. The number of ether oxygens (including phenoxy) is 1. The maximum atomic E-state index is 14.2. The smallest absolute Gasteiger partial charge is 0.407 e. The summed E-state index contributed by atoms with van der Waals surface area (Å²) >= 11 is 2.97. The summed E-state index contributed by atoms with van der Waals surface area (Å²) in [6, 6.07) is -0.123. The molecule has 0 radical (unpaired) electrons. The predicted molar refractivity (Wildman–Crippen MR) is 145 cm³/mol. The SMILES string of the molecule is CC.CC.CC(C)(C)OC(=O)NC(CC(=O)N1CCN(CC(F)(F)F)/C(=C(\N)Br)C1)Cc1cc(F)c(F)cc1F. The molecule has 0 saturated carbocycles. The Morgan fingerprint density at radius 3 is 2.08 bits per heavy atom. The number of rotatable bonds is 6. The molecule has 0 aliphatic carbocycles. The lowest BCUT2D eigenvalue weighted by atomic mass is 10.0. The highest BCUT2D eigenvalue weighted by Gasteiger charge is 2.36. The molecule has 1 atom stereocenters. The summed E-state index contributed by atoms with van der Waals surface area (Å²) in [5.41, 5.74) is 4.55. The molecule has 0 aromatic heterocycles. The summed E-state index contributed by atoms with van der Waals surface area (Å²) in [5.74, 6) is -4.36. The minimum atomic E-state index is -4.49. The standard InChI is InChI=1S/C22H27BrF6N4O3.2C2H6/c1-21(2,3)36-20(35)31-13(6-12-7-15(25)16(26)9-14(12)24)8-18(34)32-4-5-33(11-22(27,28)29)17(10-32)19(23)30;2*1-2/h7,9,13H,4-6,8,10-11,30H2,1-3H3,(H,31,35);2*1-2H3/b19-17-;;. The van der Waals surface area contributed by atoms with Crippen molar-refractivity contribution in [3.05, 3.63) is 45.5 Å². The molecule has 3 N–H and O–H groups in total. The first-order chi connectivity index (χ1) is 18.4. The zero-order valence-corrected chi connectivity index (χ0v) is 25.4. The number of piperazine rings is 1. The Morgan fingerprint density at radius 2 is 1.57 bits per heavy atom. The Balaban J connectivity index is 0.00000363. The molecule has 14 heteroatoms. The summed E-state index contributed by atoms with van der Waals surface area (Å²) in [6.07, 6.45) is -6.22. The summed E-state index contributed by atoms with van der Waals surface area (Å²) in [5, 5.41) is 2.43. The van der Waals surface area contributed by atoms with Crippen LogP contribution in [0.25, 0.3) is 0 Å². The first kappa shape index (κ1) is 37.4. The van der Waals surface area contributed by atoms with E-state index >= 15 is 0 Å². The van der Waals surface area contributed by atoms with Crippen molar-refractivity contribution >= 4 is 27.9 Å². The number of nitrogens with zero attached hydrogens (tertiary/aromatic N) is 2. The van der Waals surface area contributed by atoms with Crippen LogP contribution in [0.5, 0.6) is 0 Å². The van der Waals surface area contributed by atoms with Crippen LogP contribution in [0.3, 0.4) is 0 Å². The Kier molecular flexibility index (Phi) is 15.5. The third-order valence-electron chi connectivity index (χ3n) is 5.06. The van der Waals surface area contributed by atoms with Crippen molar-refractivity contribution in [2.75, 3.05) is 26.2 Å². The maximum absolute atomic E-state index is 14.2. The lowest BCUT2D eigenvalue weighted by molar-refractivity contribution is -0.146. The van der Waals surface area contributed by atoms with E-state index in [1.54, 1.807) is 20.8 Å². The fourth-order valence-corrected chi connectivity index (χ4v) is 3.92. The molecule has 1 heterocycles. The minimum absolute atomic E-state index is 0.0511. The number of alkyl halides is 3.